The van der Waals surface area contributed by atoms with Crippen LogP contribution in [-0.4, -0.2) is 51.1 Å². The van der Waals surface area contributed by atoms with Crippen LogP contribution < -0.4 is 20.7 Å². The zero-order chi connectivity index (χ0) is 24.6. The van der Waals surface area contributed by atoms with E-state index in [2.05, 4.69) is 31.1 Å². The maximum Gasteiger partial charge on any atom is 0.273 e. The summed E-state index contributed by atoms with van der Waals surface area (Å²) in [5.41, 5.74) is 3.84. The Morgan fingerprint density at radius 2 is 2.00 bits per heavy atom. The minimum Gasteiger partial charge on any atom is -0.486 e. The second-order valence-corrected chi connectivity index (χ2v) is 8.33. The summed E-state index contributed by atoms with van der Waals surface area (Å²) < 4.78 is 26.6. The van der Waals surface area contributed by atoms with Crippen LogP contribution in [0.3, 0.4) is 0 Å². The lowest BCUT2D eigenvalue weighted by Crippen LogP contribution is -2.30. The van der Waals surface area contributed by atoms with Crippen molar-refractivity contribution in [2.45, 2.75) is 12.6 Å². The average molecular weight is 488 g/mol. The molecular weight excluding hydrogens is 467 g/mol. The molecule has 0 spiro atoms. The number of benzene rings is 1. The number of para-hydroxylation sites is 1. The van der Waals surface area contributed by atoms with Crippen molar-refractivity contribution in [2.24, 2.45) is 0 Å². The Kier molecular flexibility index (Phi) is 5.41. The molecule has 12 heteroatoms. The van der Waals surface area contributed by atoms with Crippen LogP contribution in [0.1, 0.15) is 22.1 Å². The van der Waals surface area contributed by atoms with Gasteiger partial charge in [0.2, 0.25) is 0 Å². The fraction of sp³-hybridized carbons (Fsp3) is 0.208. The highest BCUT2D eigenvalue weighted by Gasteiger charge is 2.28. The normalized spacial score (nSPS) is 14.2. The number of nitrogens with one attached hydrogen (secondary N) is 3. The van der Waals surface area contributed by atoms with Crippen molar-refractivity contribution >= 4 is 28.9 Å². The number of carbonyl (C=O) groups is 1. The number of aromatic nitrogens is 5. The molecule has 0 atom stereocenters. The monoisotopic (exact) mass is 488 g/mol. The van der Waals surface area contributed by atoms with E-state index in [4.69, 9.17) is 14.6 Å². The Morgan fingerprint density at radius 3 is 2.75 bits per heavy atom. The smallest absolute Gasteiger partial charge is 0.273 e. The molecule has 0 aliphatic carbocycles. The highest BCUT2D eigenvalue weighted by Crippen LogP contribution is 2.43. The van der Waals surface area contributed by atoms with E-state index in [-0.39, 0.29) is 11.7 Å². The van der Waals surface area contributed by atoms with Crippen molar-refractivity contribution in [2.75, 3.05) is 30.9 Å². The van der Waals surface area contributed by atoms with E-state index in [9.17, 15) is 9.18 Å². The van der Waals surface area contributed by atoms with Crippen molar-refractivity contribution in [1.82, 2.24) is 30.3 Å². The predicted molar refractivity (Wildman–Crippen MR) is 128 cm³/mol. The van der Waals surface area contributed by atoms with Gasteiger partial charge >= 0.3 is 0 Å². The van der Waals surface area contributed by atoms with E-state index < -0.39 is 11.7 Å². The van der Waals surface area contributed by atoms with Crippen LogP contribution in [0, 0.1) is 5.82 Å². The van der Waals surface area contributed by atoms with Gasteiger partial charge in [-0.05, 0) is 24.3 Å². The molecular formula is C24H21FN8O3. The van der Waals surface area contributed by atoms with Crippen LogP contribution in [0.2, 0.25) is 0 Å². The van der Waals surface area contributed by atoms with Gasteiger partial charge in [-0.3, -0.25) is 9.48 Å². The summed E-state index contributed by atoms with van der Waals surface area (Å²) in [5.74, 6) is 0.454. The third-order valence-electron chi connectivity index (χ3n) is 5.93. The van der Waals surface area contributed by atoms with Gasteiger partial charge < -0.3 is 25.4 Å². The molecule has 1 aromatic carbocycles. The van der Waals surface area contributed by atoms with Crippen molar-refractivity contribution in [3.63, 3.8) is 0 Å². The van der Waals surface area contributed by atoms with Gasteiger partial charge in [0.15, 0.2) is 17.3 Å². The number of rotatable bonds is 6. The molecule has 0 saturated carbocycles. The molecule has 1 saturated heterocycles. The molecule has 0 radical (unpaired) electrons. The highest BCUT2D eigenvalue weighted by atomic mass is 19.1. The van der Waals surface area contributed by atoms with Crippen molar-refractivity contribution < 1.29 is 18.7 Å². The second kappa shape index (κ2) is 8.89. The van der Waals surface area contributed by atoms with Gasteiger partial charge in [-0.2, -0.15) is 5.10 Å². The Morgan fingerprint density at radius 1 is 1.11 bits per heavy atom. The second-order valence-electron chi connectivity index (χ2n) is 8.33. The van der Waals surface area contributed by atoms with E-state index in [1.54, 1.807) is 6.07 Å². The summed E-state index contributed by atoms with van der Waals surface area (Å²) in [5, 5.41) is 21.8. The highest BCUT2D eigenvalue weighted by molar-refractivity contribution is 5.99. The fourth-order valence-corrected chi connectivity index (χ4v) is 4.01. The summed E-state index contributed by atoms with van der Waals surface area (Å²) in [6, 6.07) is 10.3. The molecule has 36 heavy (non-hydrogen) atoms. The summed E-state index contributed by atoms with van der Waals surface area (Å²) in [6.07, 6.45) is 3.10. The fourth-order valence-electron chi connectivity index (χ4n) is 4.01. The van der Waals surface area contributed by atoms with Gasteiger partial charge in [-0.1, -0.05) is 6.07 Å². The van der Waals surface area contributed by atoms with E-state index in [1.165, 1.54) is 19.2 Å². The van der Waals surface area contributed by atoms with Crippen molar-refractivity contribution in [3.05, 3.63) is 65.9 Å². The maximum atomic E-state index is 13.2. The van der Waals surface area contributed by atoms with Crippen molar-refractivity contribution in [1.29, 1.82) is 0 Å². The topological polar surface area (TPSA) is 128 Å². The summed E-state index contributed by atoms with van der Waals surface area (Å²) in [4.78, 5) is 16.5. The number of pyridine rings is 1. The van der Waals surface area contributed by atoms with E-state index in [1.807, 2.05) is 29.1 Å². The number of fused-ring (bicyclic) bond motifs is 3. The molecule has 3 aromatic heterocycles. The molecule has 182 valence electrons. The molecule has 6 rings (SSSR count). The molecule has 3 N–H and O–H groups in total. The summed E-state index contributed by atoms with van der Waals surface area (Å²) in [6.45, 7) is 1.67. The number of amides is 1. The van der Waals surface area contributed by atoms with Gasteiger partial charge in [-0.25, -0.2) is 9.37 Å². The first kappa shape index (κ1) is 21.9. The third kappa shape index (κ3) is 3.96. The van der Waals surface area contributed by atoms with E-state index >= 15 is 0 Å². The van der Waals surface area contributed by atoms with Crippen molar-refractivity contribution in [3.8, 4) is 17.0 Å². The quantitative estimate of drug-likeness (QED) is 0.375. The number of nitrogens with zero attached hydrogens (tertiary/aromatic N) is 5. The maximum absolute atomic E-state index is 13.2. The number of ether oxygens (including phenoxy) is 2. The zero-order valence-corrected chi connectivity index (χ0v) is 19.2. The summed E-state index contributed by atoms with van der Waals surface area (Å²) >= 11 is 0. The molecule has 2 aliphatic heterocycles. The van der Waals surface area contributed by atoms with Crippen LogP contribution >= 0.6 is 0 Å². The zero-order valence-electron chi connectivity index (χ0n) is 19.2. The number of carbonyl (C=O) groups excluding carboxylic acids is 1. The molecule has 5 heterocycles. The molecule has 0 bridgehead atoms. The summed E-state index contributed by atoms with van der Waals surface area (Å²) in [7, 11) is 1.51. The Hall–Kier alpha value is -4.58. The lowest BCUT2D eigenvalue weighted by Gasteiger charge is -2.25. The first-order valence-corrected chi connectivity index (χ1v) is 11.3. The Balaban J connectivity index is 1.34. The Labute approximate surface area is 204 Å². The predicted octanol–water partition coefficient (Wildman–Crippen LogP) is 3.18. The van der Waals surface area contributed by atoms with Gasteiger partial charge in [0, 0.05) is 30.4 Å². The molecule has 2 aliphatic rings. The van der Waals surface area contributed by atoms with Crippen LogP contribution in [-0.2, 0) is 11.3 Å². The van der Waals surface area contributed by atoms with Gasteiger partial charge in [0.25, 0.3) is 5.91 Å². The lowest BCUT2D eigenvalue weighted by molar-refractivity contribution is -0.0285. The number of halogens is 1. The van der Waals surface area contributed by atoms with Gasteiger partial charge in [0.05, 0.1) is 36.8 Å². The molecule has 11 nitrogen and oxygen atoms in total. The van der Waals surface area contributed by atoms with E-state index in [0.29, 0.717) is 48.6 Å². The standard InChI is InChI=1S/C24H21FN8O3/c1-26-24(34)22-18(7-20(30-31-22)29-19-6-5-14(25)8-27-19)28-17-4-2-3-16-21-13(10-36-23(16)17)9-33(32-21)15-11-35-12-15/h2-9,15H,10-12H2,1H3,(H,26,34)(H2,27,28,29,30). The SMILES string of the molecule is CNC(=O)c1nnc(Nc2ccc(F)cn2)cc1Nc1cccc2c1OCc1cn(C3COC3)nc1-2. The minimum atomic E-state index is -0.452. The largest absolute Gasteiger partial charge is 0.486 e. The molecule has 0 unspecified atom stereocenters. The van der Waals surface area contributed by atoms with Crippen LogP contribution in [0.15, 0.2) is 48.8 Å². The molecule has 1 fully saturated rings. The number of hydrogen-bond acceptors (Lipinski definition) is 9. The van der Waals surface area contributed by atoms with Gasteiger partial charge in [0.1, 0.15) is 23.9 Å². The number of anilines is 4. The average Bonchev–Trinajstić information content (AvgIpc) is 3.28. The first-order chi connectivity index (χ1) is 17.6. The van der Waals surface area contributed by atoms with E-state index in [0.717, 1.165) is 23.0 Å². The number of hydrogen-bond donors (Lipinski definition) is 3. The minimum absolute atomic E-state index is 0.0958. The van der Waals surface area contributed by atoms with Crippen LogP contribution in [0.5, 0.6) is 5.75 Å². The molecule has 4 aromatic rings. The first-order valence-electron chi connectivity index (χ1n) is 11.3. The van der Waals surface area contributed by atoms with Crippen LogP contribution in [0.4, 0.5) is 27.4 Å². The molecule has 1 amide bonds. The van der Waals surface area contributed by atoms with Gasteiger partial charge in [-0.15, -0.1) is 10.2 Å². The van der Waals surface area contributed by atoms with Crippen LogP contribution in [0.25, 0.3) is 11.3 Å². The third-order valence-corrected chi connectivity index (χ3v) is 5.93. The Bertz CT molecular complexity index is 1450. The lowest BCUT2D eigenvalue weighted by atomic mass is 10.0.